The monoisotopic (exact) mass is 134 g/mol. The Morgan fingerprint density at radius 1 is 0.667 bits per heavy atom. The standard InChI is InChI=1S/C6H14O2.CH4/c7-5-3-1-2-4-6-8;/h7-8H,1-6H2;1H4. The molecule has 0 rings (SSSR count). The van der Waals surface area contributed by atoms with E-state index in [1.165, 1.54) is 0 Å². The molecule has 0 spiro atoms. The molecule has 0 saturated heterocycles. The lowest BCUT2D eigenvalue weighted by molar-refractivity contribution is 0.265. The van der Waals surface area contributed by atoms with Crippen LogP contribution in [0.25, 0.3) is 0 Å². The summed E-state index contributed by atoms with van der Waals surface area (Å²) in [4.78, 5) is 0. The number of unbranched alkanes of at least 4 members (excludes halogenated alkanes) is 3. The summed E-state index contributed by atoms with van der Waals surface area (Å²) in [6.07, 6.45) is 3.83. The number of hydrogen-bond acceptors (Lipinski definition) is 2. The highest BCUT2D eigenvalue weighted by Crippen LogP contribution is 1.96. The SMILES string of the molecule is C.OCCCCCCO. The first-order valence-corrected chi connectivity index (χ1v) is 3.13. The van der Waals surface area contributed by atoms with Gasteiger partial charge in [0.2, 0.25) is 0 Å². The zero-order chi connectivity index (χ0) is 6.24. The molecule has 0 atom stereocenters. The third-order valence-corrected chi connectivity index (χ3v) is 1.07. The van der Waals surface area contributed by atoms with Crippen LogP contribution in [-0.4, -0.2) is 23.4 Å². The zero-order valence-electron chi connectivity index (χ0n) is 5.14. The number of rotatable bonds is 5. The van der Waals surface area contributed by atoms with Crippen molar-refractivity contribution in [3.8, 4) is 0 Å². The predicted octanol–water partition coefficient (Wildman–Crippen LogP) is 1.17. The molecule has 2 heteroatoms. The number of aliphatic hydroxyl groups is 2. The molecule has 0 unspecified atom stereocenters. The van der Waals surface area contributed by atoms with Gasteiger partial charge < -0.3 is 10.2 Å². The lowest BCUT2D eigenvalue weighted by Gasteiger charge is -1.93. The lowest BCUT2D eigenvalue weighted by Crippen LogP contribution is -1.85. The fourth-order valence-corrected chi connectivity index (χ4v) is 0.577. The average molecular weight is 134 g/mol. The average Bonchev–Trinajstić information content (AvgIpc) is 1.81. The zero-order valence-corrected chi connectivity index (χ0v) is 5.14. The Morgan fingerprint density at radius 3 is 1.22 bits per heavy atom. The fourth-order valence-electron chi connectivity index (χ4n) is 0.577. The van der Waals surface area contributed by atoms with Crippen LogP contribution in [0.3, 0.4) is 0 Å². The first-order valence-electron chi connectivity index (χ1n) is 3.13. The highest BCUT2D eigenvalue weighted by Gasteiger charge is 1.84. The Labute approximate surface area is 57.5 Å². The van der Waals surface area contributed by atoms with E-state index >= 15 is 0 Å². The van der Waals surface area contributed by atoms with Gasteiger partial charge in [-0.15, -0.1) is 0 Å². The van der Waals surface area contributed by atoms with Crippen LogP contribution in [0.4, 0.5) is 0 Å². The van der Waals surface area contributed by atoms with Gasteiger partial charge in [-0.2, -0.15) is 0 Å². The molecular weight excluding hydrogens is 116 g/mol. The third kappa shape index (κ3) is 11.5. The molecular formula is C7H18O2. The maximum Gasteiger partial charge on any atom is 0.0431 e. The molecule has 0 aromatic carbocycles. The van der Waals surface area contributed by atoms with Crippen LogP contribution in [0.15, 0.2) is 0 Å². The molecule has 0 bridgehead atoms. The molecule has 0 aliphatic rings. The molecule has 0 radical (unpaired) electrons. The minimum atomic E-state index is 0. The van der Waals surface area contributed by atoms with Gasteiger partial charge in [0, 0.05) is 13.2 Å². The van der Waals surface area contributed by atoms with Crippen molar-refractivity contribution in [1.29, 1.82) is 0 Å². The molecule has 0 amide bonds. The Bertz CT molecular complexity index is 31.9. The summed E-state index contributed by atoms with van der Waals surface area (Å²) in [5.74, 6) is 0. The molecule has 0 saturated carbocycles. The highest BCUT2D eigenvalue weighted by molar-refractivity contribution is 4.39. The fraction of sp³-hybridized carbons (Fsp3) is 1.00. The van der Waals surface area contributed by atoms with Crippen molar-refractivity contribution in [1.82, 2.24) is 0 Å². The van der Waals surface area contributed by atoms with Gasteiger partial charge in [0.25, 0.3) is 0 Å². The molecule has 58 valence electrons. The number of aliphatic hydroxyl groups excluding tert-OH is 2. The van der Waals surface area contributed by atoms with Crippen LogP contribution in [-0.2, 0) is 0 Å². The van der Waals surface area contributed by atoms with E-state index < -0.39 is 0 Å². The van der Waals surface area contributed by atoms with Gasteiger partial charge in [0.05, 0.1) is 0 Å². The van der Waals surface area contributed by atoms with Crippen LogP contribution >= 0.6 is 0 Å². The maximum atomic E-state index is 8.30. The first-order chi connectivity index (χ1) is 3.91. The van der Waals surface area contributed by atoms with E-state index in [-0.39, 0.29) is 20.6 Å². The Morgan fingerprint density at radius 2 is 1.00 bits per heavy atom. The molecule has 2 nitrogen and oxygen atoms in total. The van der Waals surface area contributed by atoms with Crippen molar-refractivity contribution in [2.24, 2.45) is 0 Å². The van der Waals surface area contributed by atoms with Gasteiger partial charge in [0.1, 0.15) is 0 Å². The van der Waals surface area contributed by atoms with Gasteiger partial charge in [-0.25, -0.2) is 0 Å². The largest absolute Gasteiger partial charge is 0.396 e. The molecule has 0 aliphatic heterocycles. The second-order valence-electron chi connectivity index (χ2n) is 1.86. The summed E-state index contributed by atoms with van der Waals surface area (Å²) >= 11 is 0. The first kappa shape index (κ1) is 11.7. The van der Waals surface area contributed by atoms with E-state index in [9.17, 15) is 0 Å². The maximum absolute atomic E-state index is 8.30. The lowest BCUT2D eigenvalue weighted by atomic mass is 10.2. The summed E-state index contributed by atoms with van der Waals surface area (Å²) in [6, 6.07) is 0. The molecule has 0 aliphatic carbocycles. The van der Waals surface area contributed by atoms with Crippen molar-refractivity contribution in [3.05, 3.63) is 0 Å². The summed E-state index contributed by atoms with van der Waals surface area (Å²) < 4.78 is 0. The Hall–Kier alpha value is -0.0800. The normalized spacial score (nSPS) is 8.67. The van der Waals surface area contributed by atoms with Gasteiger partial charge in [0.15, 0.2) is 0 Å². The molecule has 0 aromatic heterocycles. The van der Waals surface area contributed by atoms with E-state index in [4.69, 9.17) is 10.2 Å². The highest BCUT2D eigenvalue weighted by atomic mass is 16.3. The number of hydrogen-bond donors (Lipinski definition) is 2. The molecule has 2 N–H and O–H groups in total. The van der Waals surface area contributed by atoms with Crippen molar-refractivity contribution in [2.45, 2.75) is 33.1 Å². The van der Waals surface area contributed by atoms with Crippen LogP contribution < -0.4 is 0 Å². The molecule has 9 heavy (non-hydrogen) atoms. The van der Waals surface area contributed by atoms with Gasteiger partial charge in [-0.3, -0.25) is 0 Å². The van der Waals surface area contributed by atoms with E-state index in [0.29, 0.717) is 0 Å². The second-order valence-corrected chi connectivity index (χ2v) is 1.86. The minimum absolute atomic E-state index is 0. The predicted molar refractivity (Wildman–Crippen MR) is 39.4 cm³/mol. The smallest absolute Gasteiger partial charge is 0.0431 e. The molecule has 0 heterocycles. The van der Waals surface area contributed by atoms with Crippen molar-refractivity contribution >= 4 is 0 Å². The molecule has 0 fully saturated rings. The van der Waals surface area contributed by atoms with Crippen molar-refractivity contribution in [2.75, 3.05) is 13.2 Å². The summed E-state index contributed by atoms with van der Waals surface area (Å²) in [7, 11) is 0. The summed E-state index contributed by atoms with van der Waals surface area (Å²) in [6.45, 7) is 0.566. The van der Waals surface area contributed by atoms with E-state index in [1.54, 1.807) is 0 Å². The van der Waals surface area contributed by atoms with Crippen LogP contribution in [0.1, 0.15) is 33.1 Å². The Balaban J connectivity index is 0. The van der Waals surface area contributed by atoms with Crippen molar-refractivity contribution in [3.63, 3.8) is 0 Å². The van der Waals surface area contributed by atoms with Gasteiger partial charge in [-0.1, -0.05) is 20.3 Å². The third-order valence-electron chi connectivity index (χ3n) is 1.07. The van der Waals surface area contributed by atoms with Gasteiger partial charge >= 0.3 is 0 Å². The van der Waals surface area contributed by atoms with Crippen LogP contribution in [0, 0.1) is 0 Å². The molecule has 0 aromatic rings. The van der Waals surface area contributed by atoms with Crippen LogP contribution in [0.2, 0.25) is 0 Å². The van der Waals surface area contributed by atoms with E-state index in [1.807, 2.05) is 0 Å². The topological polar surface area (TPSA) is 40.5 Å². The minimum Gasteiger partial charge on any atom is -0.396 e. The van der Waals surface area contributed by atoms with E-state index in [0.717, 1.165) is 25.7 Å². The second kappa shape index (κ2) is 10.8. The summed E-state index contributed by atoms with van der Waals surface area (Å²) in [5, 5.41) is 16.6. The Kier molecular flexibility index (Phi) is 14.0. The quantitative estimate of drug-likeness (QED) is 0.554. The van der Waals surface area contributed by atoms with Crippen LogP contribution in [0.5, 0.6) is 0 Å². The van der Waals surface area contributed by atoms with Crippen molar-refractivity contribution < 1.29 is 10.2 Å². The summed E-state index contributed by atoms with van der Waals surface area (Å²) in [5.41, 5.74) is 0. The van der Waals surface area contributed by atoms with Gasteiger partial charge in [-0.05, 0) is 12.8 Å². The van der Waals surface area contributed by atoms with E-state index in [2.05, 4.69) is 0 Å².